The molecule has 1 aliphatic carbocycles. The predicted molar refractivity (Wildman–Crippen MR) is 130 cm³/mol. The average molecular weight is 480 g/mol. The van der Waals surface area contributed by atoms with Crippen molar-refractivity contribution >= 4 is 18.0 Å². The van der Waals surface area contributed by atoms with Gasteiger partial charge in [0.2, 0.25) is 5.91 Å². The van der Waals surface area contributed by atoms with Crippen LogP contribution in [-0.4, -0.2) is 72.3 Å². The zero-order chi connectivity index (χ0) is 24.7. The molecule has 0 bridgehead atoms. The SMILES string of the molecule is COC(=O)CC[C@H]1CC[C@H](NC(=O)C2CCN(C3CCCCN3C(=O)OC(C)(C)C)CC2)CC1. The Kier molecular flexibility index (Phi) is 9.63. The number of esters is 1. The van der Waals surface area contributed by atoms with E-state index in [0.29, 0.717) is 12.3 Å². The Hall–Kier alpha value is -1.83. The molecule has 34 heavy (non-hydrogen) atoms. The van der Waals surface area contributed by atoms with Crippen molar-refractivity contribution in [2.45, 2.75) is 109 Å². The van der Waals surface area contributed by atoms with Gasteiger partial charge in [0.05, 0.1) is 13.3 Å². The van der Waals surface area contributed by atoms with E-state index < -0.39 is 5.60 Å². The van der Waals surface area contributed by atoms with E-state index in [1.165, 1.54) is 7.11 Å². The second-order valence-electron chi connectivity index (χ2n) is 11.3. The number of likely N-dealkylation sites (tertiary alicyclic amines) is 2. The molecule has 194 valence electrons. The summed E-state index contributed by atoms with van der Waals surface area (Å²) in [5.41, 5.74) is -0.495. The highest BCUT2D eigenvalue weighted by atomic mass is 16.6. The molecular weight excluding hydrogens is 434 g/mol. The Morgan fingerprint density at radius 3 is 2.21 bits per heavy atom. The summed E-state index contributed by atoms with van der Waals surface area (Å²) in [6.07, 6.45) is 10.1. The molecule has 0 aromatic heterocycles. The van der Waals surface area contributed by atoms with E-state index in [1.807, 2.05) is 25.7 Å². The van der Waals surface area contributed by atoms with E-state index in [9.17, 15) is 14.4 Å². The highest BCUT2D eigenvalue weighted by molar-refractivity contribution is 5.79. The van der Waals surface area contributed by atoms with E-state index in [2.05, 4.69) is 10.2 Å². The smallest absolute Gasteiger partial charge is 0.411 e. The Morgan fingerprint density at radius 1 is 0.912 bits per heavy atom. The first-order valence-electron chi connectivity index (χ1n) is 13.3. The predicted octanol–water partition coefficient (Wildman–Crippen LogP) is 4.07. The molecule has 0 aromatic carbocycles. The minimum atomic E-state index is -0.495. The van der Waals surface area contributed by atoms with E-state index in [0.717, 1.165) is 83.8 Å². The van der Waals surface area contributed by atoms with Crippen LogP contribution >= 0.6 is 0 Å². The zero-order valence-electron chi connectivity index (χ0n) is 21.6. The molecule has 2 aliphatic heterocycles. The van der Waals surface area contributed by atoms with Crippen LogP contribution in [0.2, 0.25) is 0 Å². The summed E-state index contributed by atoms with van der Waals surface area (Å²) in [5.74, 6) is 0.653. The second-order valence-corrected chi connectivity index (χ2v) is 11.3. The highest BCUT2D eigenvalue weighted by Crippen LogP contribution is 2.30. The number of carbonyl (C=O) groups is 3. The van der Waals surface area contributed by atoms with Crippen molar-refractivity contribution in [3.05, 3.63) is 0 Å². The number of carbonyl (C=O) groups excluding carboxylic acids is 3. The first kappa shape index (κ1) is 26.8. The number of nitrogens with one attached hydrogen (secondary N) is 1. The van der Waals surface area contributed by atoms with Crippen LogP contribution in [0.5, 0.6) is 0 Å². The molecule has 8 nitrogen and oxygen atoms in total. The number of hydrogen-bond acceptors (Lipinski definition) is 6. The maximum atomic E-state index is 12.9. The van der Waals surface area contributed by atoms with Gasteiger partial charge in [0.1, 0.15) is 5.60 Å². The summed E-state index contributed by atoms with van der Waals surface area (Å²) in [5, 5.41) is 3.30. The lowest BCUT2D eigenvalue weighted by atomic mass is 9.83. The van der Waals surface area contributed by atoms with E-state index >= 15 is 0 Å². The maximum Gasteiger partial charge on any atom is 0.411 e. The van der Waals surface area contributed by atoms with Crippen molar-refractivity contribution in [1.82, 2.24) is 15.1 Å². The normalized spacial score (nSPS) is 27.2. The van der Waals surface area contributed by atoms with Crippen LogP contribution in [0.1, 0.15) is 91.4 Å². The Balaban J connectivity index is 1.41. The summed E-state index contributed by atoms with van der Waals surface area (Å²) < 4.78 is 10.4. The van der Waals surface area contributed by atoms with Crippen molar-refractivity contribution in [2.24, 2.45) is 11.8 Å². The summed E-state index contributed by atoms with van der Waals surface area (Å²) in [4.78, 5) is 41.3. The minimum absolute atomic E-state index is 0.0480. The summed E-state index contributed by atoms with van der Waals surface area (Å²) in [6.45, 7) is 8.13. The number of methoxy groups -OCH3 is 1. The molecular formula is C26H45N3O5. The molecule has 2 heterocycles. The number of hydrogen-bond donors (Lipinski definition) is 1. The molecule has 2 amide bonds. The highest BCUT2D eigenvalue weighted by Gasteiger charge is 2.37. The van der Waals surface area contributed by atoms with Crippen LogP contribution in [0.3, 0.4) is 0 Å². The number of amides is 2. The van der Waals surface area contributed by atoms with E-state index in [-0.39, 0.29) is 36.1 Å². The third-order valence-corrected chi connectivity index (χ3v) is 7.60. The third-order valence-electron chi connectivity index (χ3n) is 7.60. The van der Waals surface area contributed by atoms with Gasteiger partial charge in [-0.05, 0) is 90.9 Å². The molecule has 2 saturated heterocycles. The standard InChI is InChI=1S/C26H45N3O5/c1-26(2,3)34-25(32)29-16-6-5-7-22(29)28-17-14-20(15-18-28)24(31)27-21-11-8-19(9-12-21)10-13-23(30)33-4/h19-22H,5-18H2,1-4H3,(H,27,31)/t19-,21-,22?. The molecule has 8 heteroatoms. The van der Waals surface area contributed by atoms with Crippen molar-refractivity contribution < 1.29 is 23.9 Å². The van der Waals surface area contributed by atoms with Crippen LogP contribution in [0.15, 0.2) is 0 Å². The van der Waals surface area contributed by atoms with Crippen LogP contribution < -0.4 is 5.32 Å². The molecule has 1 unspecified atom stereocenters. The fourth-order valence-corrected chi connectivity index (χ4v) is 5.63. The zero-order valence-corrected chi connectivity index (χ0v) is 21.6. The molecule has 3 fully saturated rings. The van der Waals surface area contributed by atoms with Gasteiger partial charge in [0.15, 0.2) is 0 Å². The van der Waals surface area contributed by atoms with Gasteiger partial charge in [0, 0.05) is 38.0 Å². The minimum Gasteiger partial charge on any atom is -0.469 e. The van der Waals surface area contributed by atoms with Gasteiger partial charge >= 0.3 is 12.1 Å². The second kappa shape index (κ2) is 12.2. The van der Waals surface area contributed by atoms with Crippen LogP contribution in [0.25, 0.3) is 0 Å². The third kappa shape index (κ3) is 7.85. The van der Waals surface area contributed by atoms with Crippen molar-refractivity contribution in [3.63, 3.8) is 0 Å². The largest absolute Gasteiger partial charge is 0.469 e. The fourth-order valence-electron chi connectivity index (χ4n) is 5.63. The molecule has 1 atom stereocenters. The Morgan fingerprint density at radius 2 is 1.59 bits per heavy atom. The Labute approximate surface area is 205 Å². The number of nitrogens with zero attached hydrogens (tertiary/aromatic N) is 2. The van der Waals surface area contributed by atoms with Gasteiger partial charge in [0.25, 0.3) is 0 Å². The van der Waals surface area contributed by atoms with Crippen LogP contribution in [0, 0.1) is 11.8 Å². The first-order valence-corrected chi connectivity index (χ1v) is 13.3. The van der Waals surface area contributed by atoms with Gasteiger partial charge < -0.3 is 14.8 Å². The van der Waals surface area contributed by atoms with Gasteiger partial charge in [-0.15, -0.1) is 0 Å². The molecule has 3 aliphatic rings. The Bertz CT molecular complexity index is 691. The fraction of sp³-hybridized carbons (Fsp3) is 0.885. The molecule has 0 radical (unpaired) electrons. The van der Waals surface area contributed by atoms with Gasteiger partial charge in [-0.2, -0.15) is 0 Å². The van der Waals surface area contributed by atoms with Crippen LogP contribution in [-0.2, 0) is 19.1 Å². The van der Waals surface area contributed by atoms with Gasteiger partial charge in [-0.25, -0.2) is 4.79 Å². The molecule has 3 rings (SSSR count). The van der Waals surface area contributed by atoms with Gasteiger partial charge in [-0.1, -0.05) is 0 Å². The molecule has 0 aromatic rings. The monoisotopic (exact) mass is 479 g/mol. The summed E-state index contributed by atoms with van der Waals surface area (Å²) in [7, 11) is 1.44. The molecule has 0 spiro atoms. The van der Waals surface area contributed by atoms with Crippen molar-refractivity contribution in [3.8, 4) is 0 Å². The lowest BCUT2D eigenvalue weighted by Gasteiger charge is -2.45. The lowest BCUT2D eigenvalue weighted by Crippen LogP contribution is -2.56. The lowest BCUT2D eigenvalue weighted by molar-refractivity contribution is -0.141. The summed E-state index contributed by atoms with van der Waals surface area (Å²) >= 11 is 0. The average Bonchev–Trinajstić information content (AvgIpc) is 2.82. The van der Waals surface area contributed by atoms with Crippen molar-refractivity contribution in [1.29, 1.82) is 0 Å². The summed E-state index contributed by atoms with van der Waals surface area (Å²) in [6, 6.07) is 0.251. The quantitative estimate of drug-likeness (QED) is 0.578. The van der Waals surface area contributed by atoms with E-state index in [4.69, 9.17) is 9.47 Å². The maximum absolute atomic E-state index is 12.9. The van der Waals surface area contributed by atoms with Crippen LogP contribution in [0.4, 0.5) is 4.79 Å². The van der Waals surface area contributed by atoms with E-state index in [1.54, 1.807) is 0 Å². The molecule has 1 N–H and O–H groups in total. The number of piperidine rings is 2. The molecule has 1 saturated carbocycles. The topological polar surface area (TPSA) is 88.2 Å². The number of rotatable bonds is 6. The first-order chi connectivity index (χ1) is 16.2. The van der Waals surface area contributed by atoms with Gasteiger partial charge in [-0.3, -0.25) is 19.4 Å². The number of ether oxygens (including phenoxy) is 2. The van der Waals surface area contributed by atoms with Crippen molar-refractivity contribution in [2.75, 3.05) is 26.7 Å².